The summed E-state index contributed by atoms with van der Waals surface area (Å²) in [6, 6.07) is 1.76. The van der Waals surface area contributed by atoms with Gasteiger partial charge in [0.1, 0.15) is 0 Å². The molecule has 0 saturated heterocycles. The fraction of sp³-hybridized carbons (Fsp3) is 0.714. The molecule has 1 aliphatic carbocycles. The summed E-state index contributed by atoms with van der Waals surface area (Å²) in [7, 11) is -3.40. The highest BCUT2D eigenvalue weighted by molar-refractivity contribution is 7.89. The molecule has 1 fully saturated rings. The van der Waals surface area contributed by atoms with Crippen LogP contribution in [0.3, 0.4) is 0 Å². The molecular formula is C14H25N3O2S. The van der Waals surface area contributed by atoms with Crippen LogP contribution in [0.4, 0.5) is 0 Å². The quantitative estimate of drug-likeness (QED) is 0.653. The van der Waals surface area contributed by atoms with Crippen LogP contribution < -0.4 is 10.0 Å². The molecule has 1 aromatic heterocycles. The molecule has 5 nitrogen and oxygen atoms in total. The Bertz CT molecular complexity index is 520. The minimum Gasteiger partial charge on any atom is -0.363 e. The molecule has 1 aromatic rings. The van der Waals surface area contributed by atoms with E-state index in [0.29, 0.717) is 11.4 Å². The van der Waals surface area contributed by atoms with Crippen molar-refractivity contribution in [2.24, 2.45) is 5.92 Å². The molecule has 1 heterocycles. The van der Waals surface area contributed by atoms with Crippen molar-refractivity contribution in [2.45, 2.75) is 57.0 Å². The minimum absolute atomic E-state index is 0.0552. The molecule has 0 bridgehead atoms. The largest absolute Gasteiger partial charge is 0.363 e. The normalized spacial score (nSPS) is 17.3. The number of aromatic nitrogens is 1. The zero-order valence-corrected chi connectivity index (χ0v) is 13.1. The lowest BCUT2D eigenvalue weighted by molar-refractivity contribution is 0.495. The fourth-order valence-electron chi connectivity index (χ4n) is 2.28. The summed E-state index contributed by atoms with van der Waals surface area (Å²) in [5.74, 6) is 0.721. The van der Waals surface area contributed by atoms with E-state index in [1.807, 2.05) is 13.8 Å². The average molecular weight is 299 g/mol. The summed E-state index contributed by atoms with van der Waals surface area (Å²) in [6.07, 6.45) is 5.86. The van der Waals surface area contributed by atoms with Gasteiger partial charge in [0, 0.05) is 24.5 Å². The molecular weight excluding hydrogens is 274 g/mol. The summed E-state index contributed by atoms with van der Waals surface area (Å²) in [5.41, 5.74) is 0.891. The molecule has 6 heteroatoms. The summed E-state index contributed by atoms with van der Waals surface area (Å²) in [6.45, 7) is 5.57. The summed E-state index contributed by atoms with van der Waals surface area (Å²) < 4.78 is 27.5. The third-order valence-corrected chi connectivity index (χ3v) is 5.22. The Morgan fingerprint density at radius 1 is 1.40 bits per heavy atom. The molecule has 1 aliphatic rings. The third kappa shape index (κ3) is 4.33. The maximum absolute atomic E-state index is 12.3. The van der Waals surface area contributed by atoms with Gasteiger partial charge in [-0.1, -0.05) is 26.7 Å². The lowest BCUT2D eigenvalue weighted by Gasteiger charge is -2.16. The lowest BCUT2D eigenvalue weighted by atomic mass is 10.1. The van der Waals surface area contributed by atoms with E-state index in [4.69, 9.17) is 0 Å². The van der Waals surface area contributed by atoms with E-state index in [0.717, 1.165) is 31.0 Å². The monoisotopic (exact) mass is 299 g/mol. The highest BCUT2D eigenvalue weighted by Crippen LogP contribution is 2.34. The minimum atomic E-state index is -3.40. The van der Waals surface area contributed by atoms with Gasteiger partial charge in [0.25, 0.3) is 0 Å². The van der Waals surface area contributed by atoms with Gasteiger partial charge in [-0.25, -0.2) is 13.1 Å². The van der Waals surface area contributed by atoms with Crippen molar-refractivity contribution in [1.29, 1.82) is 0 Å². The number of nitrogens with one attached hydrogen (secondary N) is 3. The molecule has 0 aliphatic heterocycles. The molecule has 114 valence electrons. The van der Waals surface area contributed by atoms with Crippen LogP contribution in [-0.4, -0.2) is 26.0 Å². The number of H-pyrrole nitrogens is 1. The molecule has 2 rings (SSSR count). The van der Waals surface area contributed by atoms with Crippen LogP contribution >= 0.6 is 0 Å². The SMILES string of the molecule is CCNCc1cc(S(=O)(=O)NC(CC)CC2CC2)c[nH]1. The fourth-order valence-corrected chi connectivity index (χ4v) is 3.63. The molecule has 1 atom stereocenters. The number of sulfonamides is 1. The molecule has 0 radical (unpaired) electrons. The summed E-state index contributed by atoms with van der Waals surface area (Å²) in [5, 5.41) is 3.17. The third-order valence-electron chi connectivity index (χ3n) is 3.72. The Hall–Kier alpha value is -0.850. The van der Waals surface area contributed by atoms with Crippen molar-refractivity contribution in [3.05, 3.63) is 18.0 Å². The van der Waals surface area contributed by atoms with Gasteiger partial charge in [-0.05, 0) is 31.4 Å². The van der Waals surface area contributed by atoms with Crippen molar-refractivity contribution in [2.75, 3.05) is 6.54 Å². The molecule has 20 heavy (non-hydrogen) atoms. The van der Waals surface area contributed by atoms with E-state index >= 15 is 0 Å². The van der Waals surface area contributed by atoms with Crippen LogP contribution in [0.15, 0.2) is 17.2 Å². The first-order valence-corrected chi connectivity index (χ1v) is 8.93. The Morgan fingerprint density at radius 3 is 2.75 bits per heavy atom. The molecule has 0 aromatic carbocycles. The molecule has 3 N–H and O–H groups in total. The highest BCUT2D eigenvalue weighted by Gasteiger charge is 2.27. The number of hydrogen-bond donors (Lipinski definition) is 3. The van der Waals surface area contributed by atoms with Crippen molar-refractivity contribution in [3.63, 3.8) is 0 Å². The summed E-state index contributed by atoms with van der Waals surface area (Å²) >= 11 is 0. The van der Waals surface area contributed by atoms with Crippen LogP contribution in [-0.2, 0) is 16.6 Å². The zero-order valence-electron chi connectivity index (χ0n) is 12.3. The van der Waals surface area contributed by atoms with Gasteiger partial charge >= 0.3 is 0 Å². The van der Waals surface area contributed by atoms with Crippen molar-refractivity contribution in [3.8, 4) is 0 Å². The Balaban J connectivity index is 1.98. The van der Waals surface area contributed by atoms with E-state index in [9.17, 15) is 8.42 Å². The molecule has 0 amide bonds. The van der Waals surface area contributed by atoms with Gasteiger partial charge < -0.3 is 10.3 Å². The second-order valence-electron chi connectivity index (χ2n) is 5.55. The smallest absolute Gasteiger partial charge is 0.242 e. The van der Waals surface area contributed by atoms with E-state index in [1.54, 1.807) is 12.3 Å². The van der Waals surface area contributed by atoms with E-state index < -0.39 is 10.0 Å². The number of aromatic amines is 1. The molecule has 0 spiro atoms. The van der Waals surface area contributed by atoms with Crippen LogP contribution in [0, 0.1) is 5.92 Å². The van der Waals surface area contributed by atoms with Crippen LogP contribution in [0.5, 0.6) is 0 Å². The second-order valence-corrected chi connectivity index (χ2v) is 7.26. The lowest BCUT2D eigenvalue weighted by Crippen LogP contribution is -2.34. The van der Waals surface area contributed by atoms with Gasteiger partial charge in [-0.2, -0.15) is 0 Å². The van der Waals surface area contributed by atoms with Crippen LogP contribution in [0.25, 0.3) is 0 Å². The highest BCUT2D eigenvalue weighted by atomic mass is 32.2. The van der Waals surface area contributed by atoms with Gasteiger partial charge in [-0.3, -0.25) is 0 Å². The number of rotatable bonds is 9. The van der Waals surface area contributed by atoms with Gasteiger partial charge in [0.2, 0.25) is 10.0 Å². The van der Waals surface area contributed by atoms with E-state index in [-0.39, 0.29) is 6.04 Å². The Morgan fingerprint density at radius 2 is 2.15 bits per heavy atom. The number of hydrogen-bond acceptors (Lipinski definition) is 3. The van der Waals surface area contributed by atoms with Crippen LogP contribution in [0.2, 0.25) is 0 Å². The Labute approximate surface area is 121 Å². The first-order chi connectivity index (χ1) is 9.55. The first kappa shape index (κ1) is 15.5. The van der Waals surface area contributed by atoms with Crippen molar-refractivity contribution >= 4 is 10.0 Å². The first-order valence-electron chi connectivity index (χ1n) is 7.45. The maximum atomic E-state index is 12.3. The van der Waals surface area contributed by atoms with Gasteiger partial charge in [0.15, 0.2) is 0 Å². The van der Waals surface area contributed by atoms with E-state index in [1.165, 1.54) is 12.8 Å². The predicted octanol–water partition coefficient (Wildman–Crippen LogP) is 1.98. The zero-order chi connectivity index (χ0) is 14.6. The van der Waals surface area contributed by atoms with Gasteiger partial charge in [-0.15, -0.1) is 0 Å². The maximum Gasteiger partial charge on any atom is 0.242 e. The average Bonchev–Trinajstić information content (AvgIpc) is 3.09. The summed E-state index contributed by atoms with van der Waals surface area (Å²) in [4.78, 5) is 3.34. The molecule has 1 saturated carbocycles. The van der Waals surface area contributed by atoms with Crippen molar-refractivity contribution < 1.29 is 8.42 Å². The second kappa shape index (κ2) is 6.74. The van der Waals surface area contributed by atoms with Crippen molar-refractivity contribution in [1.82, 2.24) is 15.0 Å². The van der Waals surface area contributed by atoms with Crippen LogP contribution in [0.1, 0.15) is 45.2 Å². The predicted molar refractivity (Wildman–Crippen MR) is 79.9 cm³/mol. The Kier molecular flexibility index (Phi) is 5.23. The standard InChI is InChI=1S/C14H25N3O2S/c1-3-12(7-11-5-6-11)17-20(18,19)14-8-13(16-10-14)9-15-4-2/h8,10-12,15-17H,3-7,9H2,1-2H3. The van der Waals surface area contributed by atoms with E-state index in [2.05, 4.69) is 15.0 Å². The topological polar surface area (TPSA) is 74.0 Å². The molecule has 1 unspecified atom stereocenters. The van der Waals surface area contributed by atoms with Gasteiger partial charge in [0.05, 0.1) is 4.90 Å².